The zero-order valence-electron chi connectivity index (χ0n) is 15.0. The van der Waals surface area contributed by atoms with Crippen LogP contribution in [0.4, 0.5) is 0 Å². The lowest BCUT2D eigenvalue weighted by atomic mass is 10.00. The van der Waals surface area contributed by atoms with Gasteiger partial charge in [-0.05, 0) is 26.0 Å². The van der Waals surface area contributed by atoms with Crippen LogP contribution in [-0.2, 0) is 11.3 Å². The van der Waals surface area contributed by atoms with E-state index in [4.69, 9.17) is 16.7 Å². The minimum absolute atomic E-state index is 0.0284. The van der Waals surface area contributed by atoms with Crippen LogP contribution in [-0.4, -0.2) is 43.3 Å². The van der Waals surface area contributed by atoms with Crippen LogP contribution < -0.4 is 5.32 Å². The van der Waals surface area contributed by atoms with Gasteiger partial charge in [0.25, 0.3) is 0 Å². The average Bonchev–Trinajstić information content (AvgIpc) is 3.19. The first-order valence-electron chi connectivity index (χ1n) is 8.66. The van der Waals surface area contributed by atoms with Gasteiger partial charge in [-0.1, -0.05) is 34.3 Å². The number of benzene rings is 1. The highest BCUT2D eigenvalue weighted by Gasteiger charge is 2.36. The molecular weight excluding hydrogens is 384 g/mol. The van der Waals surface area contributed by atoms with Crippen LogP contribution in [0.25, 0.3) is 5.69 Å². The summed E-state index contributed by atoms with van der Waals surface area (Å²) in [4.78, 5) is 14.9. The smallest absolute Gasteiger partial charge is 0.242 e. The van der Waals surface area contributed by atoms with Crippen LogP contribution >= 0.6 is 23.1 Å². The normalized spacial score (nSPS) is 17.9. The number of nitrogens with one attached hydrogen (secondary N) is 1. The molecule has 1 aliphatic rings. The van der Waals surface area contributed by atoms with Gasteiger partial charge in [-0.25, -0.2) is 4.68 Å². The number of rotatable bonds is 4. The van der Waals surface area contributed by atoms with E-state index in [9.17, 15) is 4.79 Å². The number of hydrogen-bond acceptors (Lipinski definition) is 6. The van der Waals surface area contributed by atoms with E-state index in [1.807, 2.05) is 48.9 Å². The highest BCUT2D eigenvalue weighted by Crippen LogP contribution is 2.32. The minimum Gasteiger partial charge on any atom is -0.353 e. The minimum atomic E-state index is -0.436. The predicted octanol–water partition coefficient (Wildman–Crippen LogP) is 2.67. The van der Waals surface area contributed by atoms with Crippen LogP contribution in [0.15, 0.2) is 30.3 Å². The van der Waals surface area contributed by atoms with Crippen LogP contribution in [0.1, 0.15) is 28.7 Å². The number of halogens is 1. The van der Waals surface area contributed by atoms with E-state index >= 15 is 0 Å². The molecule has 1 saturated heterocycles. The van der Waals surface area contributed by atoms with Crippen molar-refractivity contribution in [2.75, 3.05) is 13.1 Å². The molecule has 0 saturated carbocycles. The molecule has 0 bridgehead atoms. The third-order valence-electron chi connectivity index (χ3n) is 4.80. The van der Waals surface area contributed by atoms with Crippen molar-refractivity contribution in [2.45, 2.75) is 26.4 Å². The maximum absolute atomic E-state index is 12.8. The summed E-state index contributed by atoms with van der Waals surface area (Å²) in [6.07, 6.45) is 0. The molecule has 1 fully saturated rings. The van der Waals surface area contributed by atoms with Crippen molar-refractivity contribution in [3.63, 3.8) is 0 Å². The predicted molar refractivity (Wildman–Crippen MR) is 104 cm³/mol. The van der Waals surface area contributed by atoms with Gasteiger partial charge < -0.3 is 5.32 Å². The Morgan fingerprint density at radius 3 is 2.78 bits per heavy atom. The maximum atomic E-state index is 12.8. The number of aryl methyl sites for hydroxylation is 1. The summed E-state index contributed by atoms with van der Waals surface area (Å²) in [6.45, 7) is 5.72. The van der Waals surface area contributed by atoms with Gasteiger partial charge in [-0.15, -0.1) is 5.10 Å². The maximum Gasteiger partial charge on any atom is 0.242 e. The van der Waals surface area contributed by atoms with Crippen molar-refractivity contribution >= 4 is 29.0 Å². The van der Waals surface area contributed by atoms with Crippen LogP contribution in [0.2, 0.25) is 4.34 Å². The van der Waals surface area contributed by atoms with Gasteiger partial charge in [-0.2, -0.15) is 5.10 Å². The summed E-state index contributed by atoms with van der Waals surface area (Å²) in [5.41, 5.74) is 4.39. The Labute approximate surface area is 166 Å². The lowest BCUT2D eigenvalue weighted by molar-refractivity contribution is -0.129. The van der Waals surface area contributed by atoms with Gasteiger partial charge in [0.2, 0.25) is 5.91 Å². The number of aromatic nitrogens is 4. The van der Waals surface area contributed by atoms with E-state index in [1.165, 1.54) is 0 Å². The molecular formula is C18H19ClN6OS. The highest BCUT2D eigenvalue weighted by atomic mass is 35.5. The van der Waals surface area contributed by atoms with E-state index in [0.717, 1.165) is 34.2 Å². The molecule has 4 rings (SSSR count). The third kappa shape index (κ3) is 3.36. The number of piperazine rings is 1. The Morgan fingerprint density at radius 1 is 1.30 bits per heavy atom. The summed E-state index contributed by atoms with van der Waals surface area (Å²) >= 11 is 7.34. The Kier molecular flexibility index (Phi) is 4.94. The molecule has 3 aromatic rings. The Morgan fingerprint density at radius 2 is 2.07 bits per heavy atom. The number of nitrogens with zero attached hydrogens (tertiary/aromatic N) is 5. The summed E-state index contributed by atoms with van der Waals surface area (Å²) in [6, 6.07) is 9.49. The molecule has 1 N–H and O–H groups in total. The fourth-order valence-corrected chi connectivity index (χ4v) is 4.17. The molecule has 9 heteroatoms. The highest BCUT2D eigenvalue weighted by molar-refractivity contribution is 7.10. The summed E-state index contributed by atoms with van der Waals surface area (Å²) in [5, 5.41) is 11.8. The van der Waals surface area contributed by atoms with Crippen molar-refractivity contribution in [3.8, 4) is 5.69 Å². The lowest BCUT2D eigenvalue weighted by Crippen LogP contribution is -2.49. The lowest BCUT2D eigenvalue weighted by Gasteiger charge is -2.34. The fourth-order valence-electron chi connectivity index (χ4n) is 3.55. The van der Waals surface area contributed by atoms with Crippen molar-refractivity contribution in [2.24, 2.45) is 0 Å². The molecule has 0 aliphatic carbocycles. The average molecular weight is 403 g/mol. The SMILES string of the molecule is Cc1nn(-c2ccccc2)c(C)c1[C@@H]1C(=O)NCCN1Cc1nnsc1Cl. The quantitative estimate of drug-likeness (QED) is 0.726. The Bertz CT molecular complexity index is 970. The molecule has 1 atom stereocenters. The van der Waals surface area contributed by atoms with Gasteiger partial charge in [-0.3, -0.25) is 9.69 Å². The molecule has 0 radical (unpaired) electrons. The van der Waals surface area contributed by atoms with Crippen molar-refractivity contribution < 1.29 is 4.79 Å². The zero-order chi connectivity index (χ0) is 19.0. The Hall–Kier alpha value is -2.29. The monoisotopic (exact) mass is 402 g/mol. The van der Waals surface area contributed by atoms with E-state index in [-0.39, 0.29) is 5.91 Å². The van der Waals surface area contributed by atoms with Crippen molar-refractivity contribution in [3.05, 3.63) is 57.3 Å². The molecule has 1 aliphatic heterocycles. The van der Waals surface area contributed by atoms with E-state index < -0.39 is 6.04 Å². The summed E-state index contributed by atoms with van der Waals surface area (Å²) in [7, 11) is 0. The molecule has 1 amide bonds. The first kappa shape index (κ1) is 18.1. The van der Waals surface area contributed by atoms with Gasteiger partial charge >= 0.3 is 0 Å². The van der Waals surface area contributed by atoms with Crippen LogP contribution in [0.5, 0.6) is 0 Å². The molecule has 0 spiro atoms. The number of amides is 1. The van der Waals surface area contributed by atoms with Crippen LogP contribution in [0, 0.1) is 13.8 Å². The summed E-state index contributed by atoms with van der Waals surface area (Å²) in [5.74, 6) is -0.0284. The topological polar surface area (TPSA) is 75.9 Å². The number of para-hydroxylation sites is 1. The van der Waals surface area contributed by atoms with Gasteiger partial charge in [0.15, 0.2) is 0 Å². The molecule has 1 aromatic carbocycles. The second-order valence-electron chi connectivity index (χ2n) is 6.49. The molecule has 140 valence electrons. The second-order valence-corrected chi connectivity index (χ2v) is 7.85. The van der Waals surface area contributed by atoms with E-state index in [1.54, 1.807) is 0 Å². The molecule has 2 aromatic heterocycles. The Balaban J connectivity index is 1.74. The number of hydrogen-bond donors (Lipinski definition) is 1. The first-order valence-corrected chi connectivity index (χ1v) is 9.81. The van der Waals surface area contributed by atoms with Crippen LogP contribution in [0.3, 0.4) is 0 Å². The van der Waals surface area contributed by atoms with Gasteiger partial charge in [0.1, 0.15) is 16.1 Å². The first-order chi connectivity index (χ1) is 13.1. The van der Waals surface area contributed by atoms with E-state index in [2.05, 4.69) is 19.8 Å². The number of carbonyl (C=O) groups is 1. The van der Waals surface area contributed by atoms with E-state index in [0.29, 0.717) is 29.7 Å². The molecule has 7 nitrogen and oxygen atoms in total. The van der Waals surface area contributed by atoms with Crippen molar-refractivity contribution in [1.82, 2.24) is 29.6 Å². The van der Waals surface area contributed by atoms with Crippen molar-refractivity contribution in [1.29, 1.82) is 0 Å². The standard InChI is InChI=1S/C18H19ClN6OS/c1-11-15(12(2)25(22-11)13-6-4-3-5-7-13)16-18(26)20-8-9-24(16)10-14-17(19)27-23-21-14/h3-7,16H,8-10H2,1-2H3,(H,20,26)/t16-/m1/s1. The fraction of sp³-hybridized carbons (Fsp3) is 0.333. The molecule has 0 unspecified atom stereocenters. The largest absolute Gasteiger partial charge is 0.353 e. The molecule has 3 heterocycles. The zero-order valence-corrected chi connectivity index (χ0v) is 16.6. The summed E-state index contributed by atoms with van der Waals surface area (Å²) < 4.78 is 6.35. The number of carbonyl (C=O) groups excluding carboxylic acids is 1. The third-order valence-corrected chi connectivity index (χ3v) is 5.78. The van der Waals surface area contributed by atoms with Gasteiger partial charge in [0, 0.05) is 42.4 Å². The molecule has 27 heavy (non-hydrogen) atoms. The second kappa shape index (κ2) is 7.38. The van der Waals surface area contributed by atoms with Gasteiger partial charge in [0.05, 0.1) is 11.4 Å².